The van der Waals surface area contributed by atoms with Gasteiger partial charge in [0.1, 0.15) is 17.0 Å². The first-order valence-corrected chi connectivity index (χ1v) is 6.85. The lowest BCUT2D eigenvalue weighted by atomic mass is 10.4. The first kappa shape index (κ1) is 12.2. The Morgan fingerprint density at radius 1 is 1.41 bits per heavy atom. The van der Waals surface area contributed by atoms with Gasteiger partial charge in [-0.05, 0) is 25.3 Å². The standard InChI is InChI=1S/C11H13N3OS2/c1-7(2)15-10-9(12)11(14-6-13-10)17-8-4-3-5-16-8/h3-7H,12H2,1-2H3. The molecule has 0 atom stereocenters. The number of rotatable bonds is 4. The summed E-state index contributed by atoms with van der Waals surface area (Å²) >= 11 is 3.18. The van der Waals surface area contributed by atoms with Gasteiger partial charge in [0.05, 0.1) is 10.3 Å². The fourth-order valence-electron chi connectivity index (χ4n) is 1.18. The third kappa shape index (κ3) is 3.10. The Balaban J connectivity index is 2.23. The predicted molar refractivity (Wildman–Crippen MR) is 70.7 cm³/mol. The summed E-state index contributed by atoms with van der Waals surface area (Å²) < 4.78 is 6.66. The van der Waals surface area contributed by atoms with Gasteiger partial charge in [0, 0.05) is 0 Å². The van der Waals surface area contributed by atoms with Crippen molar-refractivity contribution in [2.45, 2.75) is 29.2 Å². The number of nitrogens with two attached hydrogens (primary N) is 1. The zero-order valence-corrected chi connectivity index (χ0v) is 11.2. The largest absolute Gasteiger partial charge is 0.473 e. The fourth-order valence-corrected chi connectivity index (χ4v) is 2.86. The summed E-state index contributed by atoms with van der Waals surface area (Å²) in [6.07, 6.45) is 1.52. The number of aromatic nitrogens is 2. The molecular formula is C11H13N3OS2. The van der Waals surface area contributed by atoms with E-state index in [4.69, 9.17) is 10.5 Å². The minimum atomic E-state index is 0.0480. The van der Waals surface area contributed by atoms with Crippen molar-refractivity contribution in [1.29, 1.82) is 0 Å². The summed E-state index contributed by atoms with van der Waals surface area (Å²) in [5, 5.41) is 2.75. The highest BCUT2D eigenvalue weighted by molar-refractivity contribution is 8.01. The fraction of sp³-hybridized carbons (Fsp3) is 0.273. The Labute approximate surface area is 108 Å². The van der Waals surface area contributed by atoms with E-state index >= 15 is 0 Å². The zero-order chi connectivity index (χ0) is 12.3. The first-order chi connectivity index (χ1) is 8.16. The Morgan fingerprint density at radius 2 is 2.24 bits per heavy atom. The van der Waals surface area contributed by atoms with Gasteiger partial charge in [-0.1, -0.05) is 17.8 Å². The molecule has 0 unspecified atom stereocenters. The van der Waals surface area contributed by atoms with Gasteiger partial charge < -0.3 is 10.5 Å². The molecule has 17 heavy (non-hydrogen) atoms. The molecule has 0 saturated heterocycles. The monoisotopic (exact) mass is 267 g/mol. The van der Waals surface area contributed by atoms with Gasteiger partial charge in [0.15, 0.2) is 0 Å². The highest BCUT2D eigenvalue weighted by Crippen LogP contribution is 2.36. The van der Waals surface area contributed by atoms with Crippen LogP contribution in [0, 0.1) is 0 Å². The van der Waals surface area contributed by atoms with Crippen molar-refractivity contribution < 1.29 is 4.74 Å². The van der Waals surface area contributed by atoms with Crippen molar-refractivity contribution in [3.05, 3.63) is 23.8 Å². The second-order valence-electron chi connectivity index (χ2n) is 3.60. The molecule has 2 N–H and O–H groups in total. The number of nitrogen functional groups attached to an aromatic ring is 1. The van der Waals surface area contributed by atoms with E-state index in [1.807, 2.05) is 31.4 Å². The van der Waals surface area contributed by atoms with Crippen LogP contribution in [0.1, 0.15) is 13.8 Å². The lowest BCUT2D eigenvalue weighted by molar-refractivity contribution is 0.233. The number of hydrogen-bond donors (Lipinski definition) is 1. The third-order valence-corrected chi connectivity index (χ3v) is 3.91. The molecule has 0 aromatic carbocycles. The van der Waals surface area contributed by atoms with Crippen LogP contribution in [-0.4, -0.2) is 16.1 Å². The Hall–Kier alpha value is -1.27. The van der Waals surface area contributed by atoms with Crippen LogP contribution in [0.5, 0.6) is 5.88 Å². The van der Waals surface area contributed by atoms with Crippen LogP contribution >= 0.6 is 23.1 Å². The first-order valence-electron chi connectivity index (χ1n) is 5.15. The molecule has 0 bridgehead atoms. The Kier molecular flexibility index (Phi) is 3.86. The molecule has 2 aromatic heterocycles. The lowest BCUT2D eigenvalue weighted by Gasteiger charge is -2.11. The van der Waals surface area contributed by atoms with Gasteiger partial charge in [-0.25, -0.2) is 4.98 Å². The van der Waals surface area contributed by atoms with E-state index in [1.165, 1.54) is 18.1 Å². The van der Waals surface area contributed by atoms with E-state index in [0.717, 1.165) is 9.24 Å². The van der Waals surface area contributed by atoms with Crippen molar-refractivity contribution in [2.24, 2.45) is 0 Å². The second kappa shape index (κ2) is 5.37. The van der Waals surface area contributed by atoms with Crippen LogP contribution in [0.3, 0.4) is 0 Å². The molecule has 0 spiro atoms. The summed E-state index contributed by atoms with van der Waals surface area (Å²) in [5.74, 6) is 0.453. The van der Waals surface area contributed by atoms with Crippen LogP contribution in [-0.2, 0) is 0 Å². The number of anilines is 1. The van der Waals surface area contributed by atoms with Crippen LogP contribution in [0.25, 0.3) is 0 Å². The van der Waals surface area contributed by atoms with E-state index in [1.54, 1.807) is 11.3 Å². The molecule has 2 rings (SSSR count). The molecule has 90 valence electrons. The molecule has 4 nitrogen and oxygen atoms in total. The normalized spacial score (nSPS) is 10.8. The van der Waals surface area contributed by atoms with E-state index in [-0.39, 0.29) is 6.10 Å². The molecule has 0 saturated carbocycles. The molecule has 2 heterocycles. The minimum Gasteiger partial charge on any atom is -0.473 e. The summed E-state index contributed by atoms with van der Waals surface area (Å²) in [5.41, 5.74) is 6.48. The Morgan fingerprint density at radius 3 is 2.88 bits per heavy atom. The lowest BCUT2D eigenvalue weighted by Crippen LogP contribution is -2.09. The number of nitrogens with zero attached hydrogens (tertiary/aromatic N) is 2. The maximum Gasteiger partial charge on any atom is 0.241 e. The molecule has 0 aliphatic carbocycles. The molecule has 0 aliphatic rings. The minimum absolute atomic E-state index is 0.0480. The molecule has 0 radical (unpaired) electrons. The SMILES string of the molecule is CC(C)Oc1ncnc(Sc2cccs2)c1N. The molecule has 0 fully saturated rings. The number of thiophene rings is 1. The van der Waals surface area contributed by atoms with Gasteiger partial charge in [-0.2, -0.15) is 4.98 Å². The maximum atomic E-state index is 5.98. The topological polar surface area (TPSA) is 61.0 Å². The van der Waals surface area contributed by atoms with Crippen molar-refractivity contribution in [1.82, 2.24) is 9.97 Å². The molecular weight excluding hydrogens is 254 g/mol. The van der Waals surface area contributed by atoms with Crippen LogP contribution in [0.4, 0.5) is 5.69 Å². The van der Waals surface area contributed by atoms with Gasteiger partial charge >= 0.3 is 0 Å². The van der Waals surface area contributed by atoms with E-state index in [0.29, 0.717) is 11.6 Å². The highest BCUT2D eigenvalue weighted by atomic mass is 32.2. The van der Waals surface area contributed by atoms with Gasteiger partial charge in [-0.15, -0.1) is 11.3 Å². The number of hydrogen-bond acceptors (Lipinski definition) is 6. The van der Waals surface area contributed by atoms with E-state index < -0.39 is 0 Å². The average Bonchev–Trinajstić information content (AvgIpc) is 2.76. The maximum absolute atomic E-state index is 5.98. The van der Waals surface area contributed by atoms with Gasteiger partial charge in [0.2, 0.25) is 5.88 Å². The van der Waals surface area contributed by atoms with Crippen LogP contribution < -0.4 is 10.5 Å². The van der Waals surface area contributed by atoms with Crippen LogP contribution in [0.15, 0.2) is 33.1 Å². The summed E-state index contributed by atoms with van der Waals surface area (Å²) in [4.78, 5) is 8.21. The Bertz CT molecular complexity index is 485. The third-order valence-electron chi connectivity index (χ3n) is 1.85. The van der Waals surface area contributed by atoms with Crippen LogP contribution in [0.2, 0.25) is 0 Å². The van der Waals surface area contributed by atoms with Gasteiger partial charge in [-0.3, -0.25) is 0 Å². The number of ether oxygens (including phenoxy) is 1. The van der Waals surface area contributed by atoms with Crippen molar-refractivity contribution in [2.75, 3.05) is 5.73 Å². The second-order valence-corrected chi connectivity index (χ2v) is 5.84. The van der Waals surface area contributed by atoms with E-state index in [2.05, 4.69) is 9.97 Å². The molecule has 0 amide bonds. The van der Waals surface area contributed by atoms with Crippen molar-refractivity contribution in [3.8, 4) is 5.88 Å². The van der Waals surface area contributed by atoms with Gasteiger partial charge in [0.25, 0.3) is 0 Å². The zero-order valence-electron chi connectivity index (χ0n) is 9.58. The van der Waals surface area contributed by atoms with Crippen molar-refractivity contribution >= 4 is 28.8 Å². The summed E-state index contributed by atoms with van der Waals surface area (Å²) in [6.45, 7) is 3.88. The summed E-state index contributed by atoms with van der Waals surface area (Å²) in [7, 11) is 0. The average molecular weight is 267 g/mol. The quantitative estimate of drug-likeness (QED) is 0.863. The van der Waals surface area contributed by atoms with E-state index in [9.17, 15) is 0 Å². The molecule has 6 heteroatoms. The summed E-state index contributed by atoms with van der Waals surface area (Å²) in [6, 6.07) is 4.02. The molecule has 2 aromatic rings. The van der Waals surface area contributed by atoms with Crippen molar-refractivity contribution in [3.63, 3.8) is 0 Å². The predicted octanol–water partition coefficient (Wildman–Crippen LogP) is 3.06. The molecule has 0 aliphatic heterocycles. The highest BCUT2D eigenvalue weighted by Gasteiger charge is 2.12. The smallest absolute Gasteiger partial charge is 0.241 e.